The average molecular weight is 314 g/mol. The number of phenolic OH excluding ortho intramolecular Hbond substituents is 2. The molecular weight excluding hydrogens is 300 g/mol. The molecule has 6 heteroatoms. The number of rotatable bonds is 3. The van der Waals surface area contributed by atoms with Crippen molar-refractivity contribution in [3.63, 3.8) is 0 Å². The van der Waals surface area contributed by atoms with Crippen LogP contribution in [0, 0.1) is 0 Å². The molecule has 0 unspecified atom stereocenters. The van der Waals surface area contributed by atoms with Crippen LogP contribution in [0.4, 0.5) is 0 Å². The highest BCUT2D eigenvalue weighted by atomic mass is 16.5. The lowest BCUT2D eigenvalue weighted by Crippen LogP contribution is -1.99. The molecule has 1 aliphatic heterocycles. The van der Waals surface area contributed by atoms with Gasteiger partial charge in [0.05, 0.1) is 19.8 Å². The fourth-order valence-corrected chi connectivity index (χ4v) is 2.31. The number of allylic oxidation sites excluding steroid dienone is 1. The molecule has 1 aliphatic rings. The highest BCUT2D eigenvalue weighted by Crippen LogP contribution is 2.44. The molecule has 0 saturated heterocycles. The lowest BCUT2D eigenvalue weighted by atomic mass is 10.1. The summed E-state index contributed by atoms with van der Waals surface area (Å²) in [6.07, 6.45) is 1.51. The van der Waals surface area contributed by atoms with Crippen molar-refractivity contribution in [3.8, 4) is 28.7 Å². The largest absolute Gasteiger partial charge is 0.504 e. The van der Waals surface area contributed by atoms with E-state index < -0.39 is 5.75 Å². The summed E-state index contributed by atoms with van der Waals surface area (Å²) < 4.78 is 15.8. The Balaban J connectivity index is 2.03. The fourth-order valence-electron chi connectivity index (χ4n) is 2.31. The van der Waals surface area contributed by atoms with Crippen molar-refractivity contribution in [2.45, 2.75) is 0 Å². The molecule has 0 bridgehead atoms. The topological polar surface area (TPSA) is 85.2 Å². The average Bonchev–Trinajstić information content (AvgIpc) is 2.88. The van der Waals surface area contributed by atoms with Gasteiger partial charge in [-0.05, 0) is 30.3 Å². The van der Waals surface area contributed by atoms with Gasteiger partial charge >= 0.3 is 0 Å². The summed E-state index contributed by atoms with van der Waals surface area (Å²) in [6, 6.07) is 7.78. The second kappa shape index (κ2) is 5.57. The maximum Gasteiger partial charge on any atom is 0.232 e. The zero-order valence-corrected chi connectivity index (χ0v) is 12.5. The first-order valence-electron chi connectivity index (χ1n) is 6.76. The molecule has 118 valence electrons. The monoisotopic (exact) mass is 314 g/mol. The van der Waals surface area contributed by atoms with Gasteiger partial charge in [0.15, 0.2) is 17.3 Å². The number of aromatic hydroxyl groups is 2. The molecule has 2 aromatic rings. The Morgan fingerprint density at radius 2 is 1.87 bits per heavy atom. The second-order valence-corrected chi connectivity index (χ2v) is 4.86. The smallest absolute Gasteiger partial charge is 0.232 e. The molecule has 0 aliphatic carbocycles. The molecule has 0 fully saturated rings. The number of phenols is 2. The molecule has 0 radical (unpaired) electrons. The van der Waals surface area contributed by atoms with Crippen molar-refractivity contribution in [2.24, 2.45) is 0 Å². The van der Waals surface area contributed by atoms with Crippen LogP contribution in [0.1, 0.15) is 15.9 Å². The van der Waals surface area contributed by atoms with Crippen LogP contribution in [-0.2, 0) is 0 Å². The van der Waals surface area contributed by atoms with Gasteiger partial charge in [-0.3, -0.25) is 4.79 Å². The van der Waals surface area contributed by atoms with Crippen LogP contribution >= 0.6 is 0 Å². The number of hydrogen-bond acceptors (Lipinski definition) is 6. The summed E-state index contributed by atoms with van der Waals surface area (Å²) >= 11 is 0. The highest BCUT2D eigenvalue weighted by molar-refractivity contribution is 6.15. The number of ether oxygens (including phenoxy) is 3. The summed E-state index contributed by atoms with van der Waals surface area (Å²) in [4.78, 5) is 12.3. The van der Waals surface area contributed by atoms with Gasteiger partial charge in [-0.25, -0.2) is 0 Å². The number of Topliss-reactive ketones (excluding diaryl/α,β-unsaturated/α-hetero) is 1. The standard InChI is InChI=1S/C17H14O6/c1-21-10-4-3-9(13(8-10)22-2)7-14-15(19)11-5-6-12(18)16(20)17(11)23-14/h3-8,18,20H,1-2H3/b14-7-. The maximum absolute atomic E-state index is 12.3. The van der Waals surface area contributed by atoms with Crippen molar-refractivity contribution in [2.75, 3.05) is 14.2 Å². The predicted molar refractivity (Wildman–Crippen MR) is 82.3 cm³/mol. The third-order valence-corrected chi connectivity index (χ3v) is 3.52. The summed E-state index contributed by atoms with van der Waals surface area (Å²) in [5.41, 5.74) is 0.812. The lowest BCUT2D eigenvalue weighted by molar-refractivity contribution is 0.101. The zero-order chi connectivity index (χ0) is 16.6. The Bertz CT molecular complexity index is 822. The molecule has 0 aromatic heterocycles. The van der Waals surface area contributed by atoms with E-state index in [0.29, 0.717) is 17.1 Å². The van der Waals surface area contributed by atoms with E-state index in [1.54, 1.807) is 25.3 Å². The number of carbonyl (C=O) groups is 1. The molecule has 0 amide bonds. The number of fused-ring (bicyclic) bond motifs is 1. The van der Waals surface area contributed by atoms with Crippen molar-refractivity contribution >= 4 is 11.9 Å². The molecule has 2 N–H and O–H groups in total. The van der Waals surface area contributed by atoms with Crippen molar-refractivity contribution in [3.05, 3.63) is 47.2 Å². The van der Waals surface area contributed by atoms with Crippen LogP contribution in [-0.4, -0.2) is 30.2 Å². The fraction of sp³-hybridized carbons (Fsp3) is 0.118. The van der Waals surface area contributed by atoms with Crippen molar-refractivity contribution < 1.29 is 29.2 Å². The van der Waals surface area contributed by atoms with E-state index in [4.69, 9.17) is 14.2 Å². The minimum Gasteiger partial charge on any atom is -0.504 e. The molecular formula is C17H14O6. The Morgan fingerprint density at radius 3 is 2.57 bits per heavy atom. The molecule has 1 heterocycles. The van der Waals surface area contributed by atoms with Crippen LogP contribution in [0.5, 0.6) is 28.7 Å². The van der Waals surface area contributed by atoms with Crippen LogP contribution in [0.2, 0.25) is 0 Å². The number of carbonyl (C=O) groups excluding carboxylic acids is 1. The quantitative estimate of drug-likeness (QED) is 0.669. The Morgan fingerprint density at radius 1 is 1.09 bits per heavy atom. The van der Waals surface area contributed by atoms with E-state index in [2.05, 4.69) is 0 Å². The van der Waals surface area contributed by atoms with Gasteiger partial charge < -0.3 is 24.4 Å². The summed E-state index contributed by atoms with van der Waals surface area (Å²) in [6.45, 7) is 0. The molecule has 0 spiro atoms. The first-order chi connectivity index (χ1) is 11.0. The number of benzene rings is 2. The minimum absolute atomic E-state index is 0.0318. The third-order valence-electron chi connectivity index (χ3n) is 3.52. The molecule has 6 nitrogen and oxygen atoms in total. The predicted octanol–water partition coefficient (Wildman–Crippen LogP) is 2.73. The number of ketones is 1. The number of methoxy groups -OCH3 is 2. The van der Waals surface area contributed by atoms with E-state index in [0.717, 1.165) is 0 Å². The van der Waals surface area contributed by atoms with Gasteiger partial charge in [-0.1, -0.05) is 0 Å². The summed E-state index contributed by atoms with van der Waals surface area (Å²) in [5, 5.41) is 19.3. The van der Waals surface area contributed by atoms with Crippen LogP contribution in [0.15, 0.2) is 36.1 Å². The van der Waals surface area contributed by atoms with Gasteiger partial charge in [0.2, 0.25) is 11.5 Å². The normalized spacial score (nSPS) is 14.5. The van der Waals surface area contributed by atoms with Gasteiger partial charge in [0.1, 0.15) is 11.5 Å². The first-order valence-corrected chi connectivity index (χ1v) is 6.76. The first kappa shape index (κ1) is 14.8. The van der Waals surface area contributed by atoms with E-state index >= 15 is 0 Å². The van der Waals surface area contributed by atoms with Crippen LogP contribution in [0.3, 0.4) is 0 Å². The third kappa shape index (κ3) is 2.44. The molecule has 23 heavy (non-hydrogen) atoms. The van der Waals surface area contributed by atoms with Crippen molar-refractivity contribution in [1.29, 1.82) is 0 Å². The lowest BCUT2D eigenvalue weighted by Gasteiger charge is -2.08. The second-order valence-electron chi connectivity index (χ2n) is 4.86. The highest BCUT2D eigenvalue weighted by Gasteiger charge is 2.31. The molecule has 3 rings (SSSR count). The molecule has 0 atom stereocenters. The van der Waals surface area contributed by atoms with Gasteiger partial charge in [0.25, 0.3) is 0 Å². The van der Waals surface area contributed by atoms with Gasteiger partial charge in [0, 0.05) is 11.6 Å². The van der Waals surface area contributed by atoms with Crippen molar-refractivity contribution in [1.82, 2.24) is 0 Å². The zero-order valence-electron chi connectivity index (χ0n) is 12.5. The van der Waals surface area contributed by atoms with E-state index in [1.807, 2.05) is 0 Å². The van der Waals surface area contributed by atoms with E-state index in [9.17, 15) is 15.0 Å². The Kier molecular flexibility index (Phi) is 3.57. The molecule has 0 saturated carbocycles. The van der Waals surface area contributed by atoms with E-state index in [1.165, 1.54) is 25.3 Å². The van der Waals surface area contributed by atoms with E-state index in [-0.39, 0.29) is 28.6 Å². The van der Waals surface area contributed by atoms with Gasteiger partial charge in [-0.15, -0.1) is 0 Å². The Hall–Kier alpha value is -3.15. The minimum atomic E-state index is -0.457. The summed E-state index contributed by atoms with van der Waals surface area (Å²) in [7, 11) is 3.05. The molecule has 2 aromatic carbocycles. The van der Waals surface area contributed by atoms with Crippen LogP contribution < -0.4 is 14.2 Å². The number of hydrogen-bond donors (Lipinski definition) is 2. The van der Waals surface area contributed by atoms with Crippen LogP contribution in [0.25, 0.3) is 6.08 Å². The maximum atomic E-state index is 12.3. The SMILES string of the molecule is COc1ccc(/C=C2\Oc3c(ccc(O)c3O)C2=O)c(OC)c1. The van der Waals surface area contributed by atoms with Gasteiger partial charge in [-0.2, -0.15) is 0 Å². The Labute approximate surface area is 132 Å². The summed E-state index contributed by atoms with van der Waals surface area (Å²) in [5.74, 6) is -0.0724.